The predicted octanol–water partition coefficient (Wildman–Crippen LogP) is 1.33. The zero-order chi connectivity index (χ0) is 12.8. The van der Waals surface area contributed by atoms with E-state index in [-0.39, 0.29) is 19.0 Å². The van der Waals surface area contributed by atoms with Gasteiger partial charge in [-0.3, -0.25) is 4.79 Å². The quantitative estimate of drug-likeness (QED) is 0.796. The van der Waals surface area contributed by atoms with Crippen LogP contribution in [0.2, 0.25) is 0 Å². The molecule has 4 nitrogen and oxygen atoms in total. The number of nitrogens with zero attached hydrogens (tertiary/aromatic N) is 1. The molecule has 1 rings (SSSR count). The summed E-state index contributed by atoms with van der Waals surface area (Å²) in [5.74, 6) is -0.340. The average Bonchev–Trinajstić information content (AvgIpc) is 2.37. The van der Waals surface area contributed by atoms with Crippen LogP contribution in [0.1, 0.15) is 29.2 Å². The summed E-state index contributed by atoms with van der Waals surface area (Å²) in [6.07, 6.45) is 0.851. The van der Waals surface area contributed by atoms with Gasteiger partial charge in [0, 0.05) is 0 Å². The third-order valence-corrected chi connectivity index (χ3v) is 2.64. The fraction of sp³-hybridized carbons (Fsp3) is 0.385. The minimum absolute atomic E-state index is 0.143. The third-order valence-electron chi connectivity index (χ3n) is 2.64. The van der Waals surface area contributed by atoms with Crippen molar-refractivity contribution >= 4 is 5.97 Å². The van der Waals surface area contributed by atoms with E-state index in [0.717, 1.165) is 11.1 Å². The number of benzene rings is 1. The van der Waals surface area contributed by atoms with E-state index in [0.29, 0.717) is 17.5 Å². The van der Waals surface area contributed by atoms with E-state index < -0.39 is 0 Å². The highest BCUT2D eigenvalue weighted by atomic mass is 16.5. The van der Waals surface area contributed by atoms with Crippen LogP contribution in [-0.2, 0) is 29.0 Å². The standard InChI is InChI=1S/C13H15NO3/c1-3-10-4-9(6-13(16)17-2)5-11(7-14)12(10)8-15/h4-5,15H,3,6,8H2,1-2H3. The zero-order valence-electron chi connectivity index (χ0n) is 9.99. The molecule has 1 aromatic carbocycles. The third kappa shape index (κ3) is 3.05. The Morgan fingerprint density at radius 3 is 2.71 bits per heavy atom. The number of aliphatic hydroxyl groups excluding tert-OH is 1. The Bertz CT molecular complexity index is 460. The molecular formula is C13H15NO3. The molecule has 0 aliphatic carbocycles. The molecule has 1 N–H and O–H groups in total. The fourth-order valence-corrected chi connectivity index (χ4v) is 1.74. The number of rotatable bonds is 4. The van der Waals surface area contributed by atoms with Gasteiger partial charge in [0.1, 0.15) is 0 Å². The first-order valence-corrected chi connectivity index (χ1v) is 5.38. The highest BCUT2D eigenvalue weighted by molar-refractivity contribution is 5.72. The molecule has 0 aliphatic rings. The maximum Gasteiger partial charge on any atom is 0.309 e. The number of methoxy groups -OCH3 is 1. The molecule has 0 bridgehead atoms. The molecule has 1 aromatic rings. The monoisotopic (exact) mass is 233 g/mol. The highest BCUT2D eigenvalue weighted by Crippen LogP contribution is 2.19. The van der Waals surface area contributed by atoms with Crippen molar-refractivity contribution in [3.05, 3.63) is 34.4 Å². The van der Waals surface area contributed by atoms with Crippen molar-refractivity contribution in [3.63, 3.8) is 0 Å². The van der Waals surface area contributed by atoms with Crippen molar-refractivity contribution in [2.75, 3.05) is 7.11 Å². The van der Waals surface area contributed by atoms with E-state index in [1.165, 1.54) is 7.11 Å². The number of hydrogen-bond donors (Lipinski definition) is 1. The van der Waals surface area contributed by atoms with E-state index in [2.05, 4.69) is 4.74 Å². The summed E-state index contributed by atoms with van der Waals surface area (Å²) in [5.41, 5.74) is 2.70. The Labute approximate surface area is 100 Å². The molecular weight excluding hydrogens is 218 g/mol. The molecule has 0 heterocycles. The Kier molecular flexibility index (Phi) is 4.68. The van der Waals surface area contributed by atoms with Crippen molar-refractivity contribution in [3.8, 4) is 6.07 Å². The summed E-state index contributed by atoms with van der Waals surface area (Å²) in [6.45, 7) is 1.78. The molecule has 0 spiro atoms. The van der Waals surface area contributed by atoms with E-state index in [1.54, 1.807) is 6.07 Å². The maximum absolute atomic E-state index is 11.2. The number of nitriles is 1. The maximum atomic E-state index is 11.2. The molecule has 4 heteroatoms. The van der Waals surface area contributed by atoms with Crippen LogP contribution in [0.3, 0.4) is 0 Å². The van der Waals surface area contributed by atoms with Crippen LogP contribution in [0.5, 0.6) is 0 Å². The second kappa shape index (κ2) is 6.02. The smallest absolute Gasteiger partial charge is 0.309 e. The first-order chi connectivity index (χ1) is 8.15. The molecule has 0 saturated heterocycles. The van der Waals surface area contributed by atoms with Crippen molar-refractivity contribution in [1.29, 1.82) is 5.26 Å². The van der Waals surface area contributed by atoms with E-state index in [9.17, 15) is 9.90 Å². The molecule has 90 valence electrons. The lowest BCUT2D eigenvalue weighted by atomic mass is 9.96. The molecule has 0 aliphatic heterocycles. The van der Waals surface area contributed by atoms with Crippen LogP contribution in [0.25, 0.3) is 0 Å². The number of hydrogen-bond acceptors (Lipinski definition) is 4. The Hall–Kier alpha value is -1.86. The Morgan fingerprint density at radius 1 is 1.53 bits per heavy atom. The van der Waals surface area contributed by atoms with Gasteiger partial charge in [-0.2, -0.15) is 5.26 Å². The summed E-state index contributed by atoms with van der Waals surface area (Å²) in [4.78, 5) is 11.2. The van der Waals surface area contributed by atoms with Crippen molar-refractivity contribution in [1.82, 2.24) is 0 Å². The van der Waals surface area contributed by atoms with E-state index in [4.69, 9.17) is 5.26 Å². The average molecular weight is 233 g/mol. The summed E-state index contributed by atoms with van der Waals surface area (Å²) in [6, 6.07) is 5.50. The molecule has 17 heavy (non-hydrogen) atoms. The van der Waals surface area contributed by atoms with Gasteiger partial charge in [-0.15, -0.1) is 0 Å². The number of esters is 1. The largest absolute Gasteiger partial charge is 0.469 e. The minimum atomic E-state index is -0.340. The highest BCUT2D eigenvalue weighted by Gasteiger charge is 2.11. The first kappa shape index (κ1) is 13.2. The lowest BCUT2D eigenvalue weighted by Gasteiger charge is -2.10. The topological polar surface area (TPSA) is 70.3 Å². The molecule has 0 unspecified atom stereocenters. The number of carbonyl (C=O) groups is 1. The summed E-state index contributed by atoms with van der Waals surface area (Å²) in [7, 11) is 1.33. The van der Waals surface area contributed by atoms with Crippen LogP contribution in [-0.4, -0.2) is 18.2 Å². The van der Waals surface area contributed by atoms with Crippen LogP contribution in [0.4, 0.5) is 0 Å². The molecule has 0 aromatic heterocycles. The predicted molar refractivity (Wildman–Crippen MR) is 62.2 cm³/mol. The molecule has 0 radical (unpaired) electrons. The second-order valence-electron chi connectivity index (χ2n) is 3.66. The number of ether oxygens (including phenoxy) is 1. The van der Waals surface area contributed by atoms with Crippen molar-refractivity contribution in [2.24, 2.45) is 0 Å². The van der Waals surface area contributed by atoms with Crippen LogP contribution in [0, 0.1) is 11.3 Å². The van der Waals surface area contributed by atoms with Gasteiger partial charge in [0.2, 0.25) is 0 Å². The van der Waals surface area contributed by atoms with Crippen LogP contribution < -0.4 is 0 Å². The summed E-state index contributed by atoms with van der Waals surface area (Å²) >= 11 is 0. The molecule has 0 fully saturated rings. The van der Waals surface area contributed by atoms with Gasteiger partial charge in [-0.05, 0) is 29.2 Å². The van der Waals surface area contributed by atoms with Gasteiger partial charge in [0.05, 0.1) is 31.8 Å². The zero-order valence-corrected chi connectivity index (χ0v) is 9.99. The van der Waals surface area contributed by atoms with Crippen LogP contribution >= 0.6 is 0 Å². The van der Waals surface area contributed by atoms with Crippen LogP contribution in [0.15, 0.2) is 12.1 Å². The van der Waals surface area contributed by atoms with Gasteiger partial charge < -0.3 is 9.84 Å². The summed E-state index contributed by atoms with van der Waals surface area (Å²) < 4.78 is 4.59. The number of carbonyl (C=O) groups excluding carboxylic acids is 1. The second-order valence-corrected chi connectivity index (χ2v) is 3.66. The van der Waals surface area contributed by atoms with Crippen molar-refractivity contribution in [2.45, 2.75) is 26.4 Å². The summed E-state index contributed by atoms with van der Waals surface area (Å²) in [5, 5.41) is 18.2. The number of aryl methyl sites for hydroxylation is 1. The van der Waals surface area contributed by atoms with Gasteiger partial charge in [0.15, 0.2) is 0 Å². The Morgan fingerprint density at radius 2 is 2.24 bits per heavy atom. The van der Waals surface area contributed by atoms with Gasteiger partial charge in [-0.1, -0.05) is 13.0 Å². The minimum Gasteiger partial charge on any atom is -0.469 e. The number of aliphatic hydroxyl groups is 1. The first-order valence-electron chi connectivity index (χ1n) is 5.38. The normalized spacial score (nSPS) is 9.76. The van der Waals surface area contributed by atoms with Gasteiger partial charge in [0.25, 0.3) is 0 Å². The lowest BCUT2D eigenvalue weighted by molar-refractivity contribution is -0.139. The lowest BCUT2D eigenvalue weighted by Crippen LogP contribution is -2.07. The van der Waals surface area contributed by atoms with Crippen molar-refractivity contribution < 1.29 is 14.6 Å². The molecule has 0 amide bonds. The van der Waals surface area contributed by atoms with Gasteiger partial charge >= 0.3 is 5.97 Å². The molecule has 0 saturated carbocycles. The van der Waals surface area contributed by atoms with E-state index in [1.807, 2.05) is 19.1 Å². The fourth-order valence-electron chi connectivity index (χ4n) is 1.74. The SMILES string of the molecule is CCc1cc(CC(=O)OC)cc(C#N)c1CO. The van der Waals surface area contributed by atoms with E-state index >= 15 is 0 Å². The van der Waals surface area contributed by atoms with Gasteiger partial charge in [-0.25, -0.2) is 0 Å². The molecule has 0 atom stereocenters. The Balaban J connectivity index is 3.19.